The first-order chi connectivity index (χ1) is 5.93. The second kappa shape index (κ2) is 6.27. The van der Waals surface area contributed by atoms with Crippen LogP contribution in [0, 0.1) is 5.92 Å². The summed E-state index contributed by atoms with van der Waals surface area (Å²) >= 11 is 0. The van der Waals surface area contributed by atoms with Crippen molar-refractivity contribution in [3.8, 4) is 0 Å². The molecule has 1 unspecified atom stereocenters. The maximum Gasteiger partial charge on any atom is 0.123 e. The molecule has 0 amide bonds. The van der Waals surface area contributed by atoms with E-state index in [2.05, 4.69) is 7.28 Å². The molecule has 12 heavy (non-hydrogen) atoms. The Labute approximate surface area is 76.2 Å². The SMILES string of the molecule is O=CC1CCC[B]CCCCC1. The number of hydrogen-bond donors (Lipinski definition) is 0. The van der Waals surface area contributed by atoms with E-state index in [0.29, 0.717) is 5.92 Å². The van der Waals surface area contributed by atoms with Crippen LogP contribution in [0.15, 0.2) is 0 Å². The third-order valence-corrected chi connectivity index (χ3v) is 2.66. The van der Waals surface area contributed by atoms with Crippen molar-refractivity contribution >= 4 is 13.6 Å². The van der Waals surface area contributed by atoms with Crippen molar-refractivity contribution in [2.45, 2.75) is 51.2 Å². The predicted molar refractivity (Wildman–Crippen MR) is 52.6 cm³/mol. The van der Waals surface area contributed by atoms with Crippen molar-refractivity contribution in [3.05, 3.63) is 0 Å². The topological polar surface area (TPSA) is 17.1 Å². The highest BCUT2D eigenvalue weighted by Gasteiger charge is 2.08. The number of hydrogen-bond acceptors (Lipinski definition) is 1. The Balaban J connectivity index is 2.21. The van der Waals surface area contributed by atoms with Crippen LogP contribution in [0.3, 0.4) is 0 Å². The second-order valence-electron chi connectivity index (χ2n) is 3.75. The molecule has 2 heteroatoms. The lowest BCUT2D eigenvalue weighted by Gasteiger charge is -2.11. The quantitative estimate of drug-likeness (QED) is 0.431. The first-order valence-electron chi connectivity index (χ1n) is 5.20. The van der Waals surface area contributed by atoms with Gasteiger partial charge in [-0.1, -0.05) is 38.3 Å². The van der Waals surface area contributed by atoms with Gasteiger partial charge in [0.2, 0.25) is 0 Å². The number of carbonyl (C=O) groups excluding carboxylic acids is 1. The first-order valence-corrected chi connectivity index (χ1v) is 5.20. The van der Waals surface area contributed by atoms with E-state index in [1.165, 1.54) is 38.3 Å². The minimum absolute atomic E-state index is 0.358. The molecule has 0 saturated carbocycles. The van der Waals surface area contributed by atoms with Gasteiger partial charge in [0.1, 0.15) is 13.6 Å². The molecule has 1 radical (unpaired) electrons. The monoisotopic (exact) mass is 165 g/mol. The van der Waals surface area contributed by atoms with Crippen molar-refractivity contribution < 1.29 is 4.79 Å². The van der Waals surface area contributed by atoms with Crippen molar-refractivity contribution in [2.75, 3.05) is 0 Å². The maximum absolute atomic E-state index is 10.6. The van der Waals surface area contributed by atoms with Gasteiger partial charge in [0.25, 0.3) is 0 Å². The number of carbonyl (C=O) groups is 1. The molecule has 0 spiro atoms. The fraction of sp³-hybridized carbons (Fsp3) is 0.900. The standard InChI is InChI=1S/C10H18BO/c12-9-10-5-2-1-3-7-11-8-4-6-10/h9-10H,1-8H2. The van der Waals surface area contributed by atoms with Gasteiger partial charge in [-0.3, -0.25) is 0 Å². The van der Waals surface area contributed by atoms with Crippen LogP contribution in [-0.2, 0) is 4.79 Å². The van der Waals surface area contributed by atoms with Crippen LogP contribution in [0.25, 0.3) is 0 Å². The highest BCUT2D eigenvalue weighted by Crippen LogP contribution is 2.17. The number of aldehydes is 1. The summed E-state index contributed by atoms with van der Waals surface area (Å²) < 4.78 is 0. The second-order valence-corrected chi connectivity index (χ2v) is 3.75. The lowest BCUT2D eigenvalue weighted by molar-refractivity contribution is -0.111. The lowest BCUT2D eigenvalue weighted by Crippen LogP contribution is -2.04. The van der Waals surface area contributed by atoms with E-state index in [-0.39, 0.29) is 0 Å². The molecule has 1 aliphatic heterocycles. The maximum atomic E-state index is 10.6. The molecule has 1 fully saturated rings. The summed E-state index contributed by atoms with van der Waals surface area (Å²) in [7, 11) is 2.38. The molecule has 1 aliphatic rings. The molecule has 1 nitrogen and oxygen atoms in total. The molecule has 0 aromatic heterocycles. The van der Waals surface area contributed by atoms with Gasteiger partial charge in [0.15, 0.2) is 0 Å². The van der Waals surface area contributed by atoms with Crippen LogP contribution in [0.2, 0.25) is 12.6 Å². The average molecular weight is 165 g/mol. The van der Waals surface area contributed by atoms with Crippen molar-refractivity contribution in [1.29, 1.82) is 0 Å². The van der Waals surface area contributed by atoms with Crippen LogP contribution in [0.4, 0.5) is 0 Å². The van der Waals surface area contributed by atoms with Crippen LogP contribution in [0.1, 0.15) is 38.5 Å². The zero-order valence-electron chi connectivity index (χ0n) is 7.80. The Hall–Kier alpha value is -0.265. The molecule has 1 rings (SSSR count). The van der Waals surface area contributed by atoms with Gasteiger partial charge in [-0.05, 0) is 12.8 Å². The van der Waals surface area contributed by atoms with Crippen LogP contribution in [-0.4, -0.2) is 13.6 Å². The Morgan fingerprint density at radius 1 is 1.00 bits per heavy atom. The van der Waals surface area contributed by atoms with Crippen LogP contribution >= 0.6 is 0 Å². The van der Waals surface area contributed by atoms with Gasteiger partial charge in [0.05, 0.1) is 0 Å². The van der Waals surface area contributed by atoms with Gasteiger partial charge < -0.3 is 4.79 Å². The highest BCUT2D eigenvalue weighted by atomic mass is 16.1. The molecular weight excluding hydrogens is 147 g/mol. The third kappa shape index (κ3) is 3.94. The average Bonchev–Trinajstić information content (AvgIpc) is 2.14. The summed E-state index contributed by atoms with van der Waals surface area (Å²) in [6.45, 7) is 0. The Kier molecular flexibility index (Phi) is 5.13. The first kappa shape index (κ1) is 9.82. The minimum atomic E-state index is 0.358. The van der Waals surface area contributed by atoms with Crippen LogP contribution in [0.5, 0.6) is 0 Å². The molecule has 1 saturated heterocycles. The van der Waals surface area contributed by atoms with Crippen molar-refractivity contribution in [2.24, 2.45) is 5.92 Å². The van der Waals surface area contributed by atoms with Gasteiger partial charge in [-0.2, -0.15) is 0 Å². The van der Waals surface area contributed by atoms with E-state index in [1.54, 1.807) is 0 Å². The molecule has 0 aliphatic carbocycles. The normalized spacial score (nSPS) is 27.2. The molecule has 1 heterocycles. The lowest BCUT2D eigenvalue weighted by atomic mass is 9.67. The van der Waals surface area contributed by atoms with Gasteiger partial charge in [-0.15, -0.1) is 0 Å². The fourth-order valence-electron chi connectivity index (χ4n) is 1.82. The van der Waals surface area contributed by atoms with E-state index in [9.17, 15) is 4.79 Å². The number of rotatable bonds is 1. The smallest absolute Gasteiger partial charge is 0.123 e. The summed E-state index contributed by atoms with van der Waals surface area (Å²) in [5, 5.41) is 0. The summed E-state index contributed by atoms with van der Waals surface area (Å²) in [6, 6.07) is 0. The largest absolute Gasteiger partial charge is 0.303 e. The van der Waals surface area contributed by atoms with Gasteiger partial charge in [-0.25, -0.2) is 0 Å². The molecular formula is C10H18BO. The van der Waals surface area contributed by atoms with Gasteiger partial charge in [0, 0.05) is 5.92 Å². The fourth-order valence-corrected chi connectivity index (χ4v) is 1.82. The minimum Gasteiger partial charge on any atom is -0.303 e. The van der Waals surface area contributed by atoms with Crippen LogP contribution < -0.4 is 0 Å². The molecule has 67 valence electrons. The van der Waals surface area contributed by atoms with Gasteiger partial charge >= 0.3 is 0 Å². The van der Waals surface area contributed by atoms with E-state index in [0.717, 1.165) is 19.1 Å². The highest BCUT2D eigenvalue weighted by molar-refractivity contribution is 6.35. The molecule has 0 bridgehead atoms. The zero-order valence-corrected chi connectivity index (χ0v) is 7.80. The molecule has 0 aromatic carbocycles. The van der Waals surface area contributed by atoms with Crippen molar-refractivity contribution in [3.63, 3.8) is 0 Å². The zero-order chi connectivity index (χ0) is 8.65. The Bertz CT molecular complexity index is 115. The summed E-state index contributed by atoms with van der Waals surface area (Å²) in [5.74, 6) is 0.358. The van der Waals surface area contributed by atoms with E-state index in [1.807, 2.05) is 0 Å². The Morgan fingerprint density at radius 2 is 1.75 bits per heavy atom. The summed E-state index contributed by atoms with van der Waals surface area (Å²) in [6.07, 6.45) is 11.0. The summed E-state index contributed by atoms with van der Waals surface area (Å²) in [4.78, 5) is 10.6. The summed E-state index contributed by atoms with van der Waals surface area (Å²) in [5.41, 5.74) is 0. The third-order valence-electron chi connectivity index (χ3n) is 2.66. The van der Waals surface area contributed by atoms with E-state index >= 15 is 0 Å². The van der Waals surface area contributed by atoms with Crippen molar-refractivity contribution in [1.82, 2.24) is 0 Å². The molecule has 1 atom stereocenters. The molecule has 0 N–H and O–H groups in total. The Morgan fingerprint density at radius 3 is 2.58 bits per heavy atom. The predicted octanol–water partition coefficient (Wildman–Crippen LogP) is 2.70. The van der Waals surface area contributed by atoms with E-state index < -0.39 is 0 Å². The van der Waals surface area contributed by atoms with E-state index in [4.69, 9.17) is 0 Å². The molecule has 0 aromatic rings.